The van der Waals surface area contributed by atoms with E-state index in [0.717, 1.165) is 13.0 Å². The van der Waals surface area contributed by atoms with Crippen LogP contribution in [0.15, 0.2) is 30.3 Å². The van der Waals surface area contributed by atoms with E-state index in [1.54, 1.807) is 0 Å². The molecule has 2 heteroatoms. The first-order chi connectivity index (χ1) is 9.76. The first-order valence-corrected chi connectivity index (χ1v) is 8.19. The molecule has 21 heavy (non-hydrogen) atoms. The van der Waals surface area contributed by atoms with Crippen LogP contribution in [-0.2, 0) is 4.74 Å². The van der Waals surface area contributed by atoms with Crippen LogP contribution in [0.3, 0.4) is 0 Å². The Hall–Kier alpha value is -0.860. The fraction of sp³-hybridized carbons (Fsp3) is 0.684. The Morgan fingerprint density at radius 1 is 1.24 bits per heavy atom. The van der Waals surface area contributed by atoms with E-state index in [-0.39, 0.29) is 10.8 Å². The Balaban J connectivity index is 2.12. The van der Waals surface area contributed by atoms with Crippen LogP contribution in [0.25, 0.3) is 0 Å². The van der Waals surface area contributed by atoms with Gasteiger partial charge < -0.3 is 10.1 Å². The van der Waals surface area contributed by atoms with E-state index in [2.05, 4.69) is 77.2 Å². The number of rotatable bonds is 5. The third-order valence-corrected chi connectivity index (χ3v) is 4.91. The van der Waals surface area contributed by atoms with Gasteiger partial charge >= 0.3 is 0 Å². The van der Waals surface area contributed by atoms with E-state index >= 15 is 0 Å². The fourth-order valence-corrected chi connectivity index (χ4v) is 3.35. The molecule has 3 unspecified atom stereocenters. The molecular formula is C19H31NO. The molecule has 0 amide bonds. The summed E-state index contributed by atoms with van der Waals surface area (Å²) in [6.07, 6.45) is 1.50. The minimum absolute atomic E-state index is 0.189. The van der Waals surface area contributed by atoms with Gasteiger partial charge in [0.1, 0.15) is 0 Å². The number of nitrogens with one attached hydrogen (secondary N) is 1. The van der Waals surface area contributed by atoms with Crippen molar-refractivity contribution in [3.63, 3.8) is 0 Å². The molecule has 0 heterocycles. The highest BCUT2D eigenvalue weighted by Crippen LogP contribution is 2.45. The van der Waals surface area contributed by atoms with Gasteiger partial charge in [-0.15, -0.1) is 0 Å². The Bertz CT molecular complexity index is 446. The predicted molar refractivity (Wildman–Crippen MR) is 89.4 cm³/mol. The number of hydrogen-bond donors (Lipinski definition) is 1. The van der Waals surface area contributed by atoms with E-state index in [1.165, 1.54) is 5.56 Å². The molecule has 0 aromatic heterocycles. The van der Waals surface area contributed by atoms with Crippen molar-refractivity contribution < 1.29 is 4.74 Å². The lowest BCUT2D eigenvalue weighted by Gasteiger charge is -2.54. The fourth-order valence-electron chi connectivity index (χ4n) is 3.35. The lowest BCUT2D eigenvalue weighted by Crippen LogP contribution is -2.62. The highest BCUT2D eigenvalue weighted by atomic mass is 16.5. The molecule has 1 aromatic carbocycles. The van der Waals surface area contributed by atoms with Crippen LogP contribution < -0.4 is 5.32 Å². The van der Waals surface area contributed by atoms with Crippen LogP contribution in [-0.4, -0.2) is 18.8 Å². The van der Waals surface area contributed by atoms with E-state index < -0.39 is 0 Å². The second-order valence-corrected chi connectivity index (χ2v) is 7.93. The van der Waals surface area contributed by atoms with Crippen LogP contribution in [0.2, 0.25) is 0 Å². The molecule has 0 bridgehead atoms. The number of benzene rings is 1. The number of ether oxygens (including phenoxy) is 1. The van der Waals surface area contributed by atoms with Gasteiger partial charge in [-0.05, 0) is 24.3 Å². The van der Waals surface area contributed by atoms with Gasteiger partial charge in [-0.25, -0.2) is 0 Å². The molecule has 1 N–H and O–H groups in total. The zero-order chi connectivity index (χ0) is 15.7. The van der Waals surface area contributed by atoms with Crippen LogP contribution in [0, 0.1) is 10.8 Å². The molecule has 1 aliphatic carbocycles. The Kier molecular flexibility index (Phi) is 4.79. The first kappa shape index (κ1) is 16.5. The standard InChI is InChI=1S/C19H31NO/c1-7-21-16-13-15(19(16,5)6)20-17(18(2,3)4)14-11-9-8-10-12-14/h8-12,15-17,20H,7,13H2,1-6H3. The van der Waals surface area contributed by atoms with Gasteiger partial charge in [-0.1, -0.05) is 65.0 Å². The van der Waals surface area contributed by atoms with Gasteiger partial charge in [-0.3, -0.25) is 0 Å². The van der Waals surface area contributed by atoms with Gasteiger partial charge in [0.15, 0.2) is 0 Å². The molecule has 1 aliphatic rings. The molecule has 0 spiro atoms. The van der Waals surface area contributed by atoms with Gasteiger partial charge in [-0.2, -0.15) is 0 Å². The predicted octanol–water partition coefficient (Wildman–Crippen LogP) is 4.57. The third kappa shape index (κ3) is 3.49. The summed E-state index contributed by atoms with van der Waals surface area (Å²) < 4.78 is 5.86. The zero-order valence-corrected chi connectivity index (χ0v) is 14.4. The largest absolute Gasteiger partial charge is 0.378 e. The van der Waals surface area contributed by atoms with Gasteiger partial charge in [0.25, 0.3) is 0 Å². The summed E-state index contributed by atoms with van der Waals surface area (Å²) in [6.45, 7) is 14.5. The van der Waals surface area contributed by atoms with Crippen molar-refractivity contribution in [2.24, 2.45) is 10.8 Å². The summed E-state index contributed by atoms with van der Waals surface area (Å²) in [5.74, 6) is 0. The summed E-state index contributed by atoms with van der Waals surface area (Å²) >= 11 is 0. The maximum absolute atomic E-state index is 5.86. The lowest BCUT2D eigenvalue weighted by atomic mass is 9.63. The topological polar surface area (TPSA) is 21.3 Å². The average Bonchev–Trinajstić information content (AvgIpc) is 2.41. The smallest absolute Gasteiger partial charge is 0.0655 e. The summed E-state index contributed by atoms with van der Waals surface area (Å²) in [4.78, 5) is 0. The van der Waals surface area contributed by atoms with Gasteiger partial charge in [0, 0.05) is 24.1 Å². The molecule has 0 aliphatic heterocycles. The van der Waals surface area contributed by atoms with Crippen LogP contribution >= 0.6 is 0 Å². The van der Waals surface area contributed by atoms with Gasteiger partial charge in [0.2, 0.25) is 0 Å². The van der Waals surface area contributed by atoms with Crippen molar-refractivity contribution in [1.82, 2.24) is 5.32 Å². The highest BCUT2D eigenvalue weighted by Gasteiger charge is 2.50. The van der Waals surface area contributed by atoms with Crippen LogP contribution in [0.1, 0.15) is 59.6 Å². The normalized spacial score (nSPS) is 26.2. The van der Waals surface area contributed by atoms with Gasteiger partial charge in [0.05, 0.1) is 6.10 Å². The van der Waals surface area contributed by atoms with Crippen molar-refractivity contribution in [3.8, 4) is 0 Å². The summed E-state index contributed by atoms with van der Waals surface area (Å²) in [5.41, 5.74) is 1.77. The number of hydrogen-bond acceptors (Lipinski definition) is 2. The van der Waals surface area contributed by atoms with E-state index in [0.29, 0.717) is 18.2 Å². The lowest BCUT2D eigenvalue weighted by molar-refractivity contribution is -0.119. The van der Waals surface area contributed by atoms with E-state index in [1.807, 2.05) is 0 Å². The maximum atomic E-state index is 5.86. The quantitative estimate of drug-likeness (QED) is 0.857. The van der Waals surface area contributed by atoms with Crippen molar-refractivity contribution in [2.45, 2.75) is 66.2 Å². The Labute approximate surface area is 130 Å². The maximum Gasteiger partial charge on any atom is 0.0655 e. The molecule has 3 atom stereocenters. The summed E-state index contributed by atoms with van der Waals surface area (Å²) in [6, 6.07) is 11.7. The zero-order valence-electron chi connectivity index (χ0n) is 14.4. The summed E-state index contributed by atoms with van der Waals surface area (Å²) in [5, 5.41) is 3.91. The molecule has 1 saturated carbocycles. The first-order valence-electron chi connectivity index (χ1n) is 8.19. The molecule has 0 saturated heterocycles. The monoisotopic (exact) mass is 289 g/mol. The van der Waals surface area contributed by atoms with Crippen molar-refractivity contribution >= 4 is 0 Å². The molecule has 118 valence electrons. The second kappa shape index (κ2) is 6.10. The average molecular weight is 289 g/mol. The Morgan fingerprint density at radius 2 is 1.86 bits per heavy atom. The second-order valence-electron chi connectivity index (χ2n) is 7.93. The van der Waals surface area contributed by atoms with Crippen LogP contribution in [0.4, 0.5) is 0 Å². The van der Waals surface area contributed by atoms with Crippen LogP contribution in [0.5, 0.6) is 0 Å². The van der Waals surface area contributed by atoms with Crippen molar-refractivity contribution in [1.29, 1.82) is 0 Å². The third-order valence-electron chi connectivity index (χ3n) is 4.91. The molecule has 1 aromatic rings. The molecule has 2 nitrogen and oxygen atoms in total. The van der Waals surface area contributed by atoms with E-state index in [4.69, 9.17) is 4.74 Å². The molecule has 0 radical (unpaired) electrons. The minimum Gasteiger partial charge on any atom is -0.378 e. The van der Waals surface area contributed by atoms with E-state index in [9.17, 15) is 0 Å². The molecule has 1 fully saturated rings. The molecular weight excluding hydrogens is 258 g/mol. The Morgan fingerprint density at radius 3 is 2.33 bits per heavy atom. The summed E-state index contributed by atoms with van der Waals surface area (Å²) in [7, 11) is 0. The highest BCUT2D eigenvalue weighted by molar-refractivity contribution is 5.22. The van der Waals surface area contributed by atoms with Crippen molar-refractivity contribution in [3.05, 3.63) is 35.9 Å². The SMILES string of the molecule is CCOC1CC(NC(c2ccccc2)C(C)(C)C)C1(C)C. The minimum atomic E-state index is 0.189. The van der Waals surface area contributed by atoms with Crippen molar-refractivity contribution in [2.75, 3.05) is 6.61 Å². The molecule has 2 rings (SSSR count).